The Balaban J connectivity index is 1.49. The van der Waals surface area contributed by atoms with Gasteiger partial charge in [0.25, 0.3) is 0 Å². The summed E-state index contributed by atoms with van der Waals surface area (Å²) in [6, 6.07) is 11.5. The molecule has 4 rings (SSSR count). The summed E-state index contributed by atoms with van der Waals surface area (Å²) >= 11 is 0. The fraction of sp³-hybridized carbons (Fsp3) is 0.632. The summed E-state index contributed by atoms with van der Waals surface area (Å²) < 4.78 is 0. The molecule has 2 bridgehead atoms. The Hall–Kier alpha value is -1.35. The highest BCUT2D eigenvalue weighted by molar-refractivity contribution is 5.82. The molecule has 3 nitrogen and oxygen atoms in total. The van der Waals surface area contributed by atoms with Crippen molar-refractivity contribution < 1.29 is 4.79 Å². The van der Waals surface area contributed by atoms with Crippen molar-refractivity contribution in [3.05, 3.63) is 35.9 Å². The molecule has 3 aliphatic carbocycles. The maximum absolute atomic E-state index is 12.0. The lowest BCUT2D eigenvalue weighted by atomic mass is 9.52. The van der Waals surface area contributed by atoms with Crippen molar-refractivity contribution in [2.75, 3.05) is 0 Å². The first-order valence-electron chi connectivity index (χ1n) is 8.71. The third-order valence-corrected chi connectivity index (χ3v) is 6.79. The number of hydrogen-bond donors (Lipinski definition) is 2. The van der Waals surface area contributed by atoms with E-state index < -0.39 is 0 Å². The summed E-state index contributed by atoms with van der Waals surface area (Å²) in [5, 5.41) is 3.85. The van der Waals surface area contributed by atoms with E-state index in [0.717, 1.165) is 31.1 Å². The quantitative estimate of drug-likeness (QED) is 0.897. The van der Waals surface area contributed by atoms with E-state index in [1.165, 1.54) is 18.4 Å². The Bertz CT molecular complexity index is 572. The van der Waals surface area contributed by atoms with Crippen LogP contribution in [0.2, 0.25) is 0 Å². The van der Waals surface area contributed by atoms with Crippen LogP contribution in [0.25, 0.3) is 0 Å². The molecule has 0 aliphatic heterocycles. The van der Waals surface area contributed by atoms with Gasteiger partial charge < -0.3 is 11.1 Å². The average Bonchev–Trinajstić information content (AvgIpc) is 2.78. The van der Waals surface area contributed by atoms with Gasteiger partial charge in [-0.05, 0) is 62.3 Å². The first-order chi connectivity index (χ1) is 10.6. The van der Waals surface area contributed by atoms with Crippen LogP contribution < -0.4 is 11.1 Å². The molecule has 6 atom stereocenters. The topological polar surface area (TPSA) is 55.1 Å². The molecule has 4 unspecified atom stereocenters. The lowest BCUT2D eigenvalue weighted by Crippen LogP contribution is -2.54. The van der Waals surface area contributed by atoms with Crippen molar-refractivity contribution in [2.45, 2.75) is 51.1 Å². The van der Waals surface area contributed by atoms with Crippen molar-refractivity contribution in [1.82, 2.24) is 5.32 Å². The van der Waals surface area contributed by atoms with E-state index >= 15 is 0 Å². The molecule has 1 aromatic rings. The third-order valence-electron chi connectivity index (χ3n) is 6.79. The minimum absolute atomic E-state index is 0.0360. The van der Waals surface area contributed by atoms with Crippen LogP contribution in [0, 0.1) is 23.2 Å². The fourth-order valence-corrected chi connectivity index (χ4v) is 5.58. The van der Waals surface area contributed by atoms with E-state index in [0.29, 0.717) is 18.0 Å². The Morgan fingerprint density at radius 1 is 1.27 bits per heavy atom. The van der Waals surface area contributed by atoms with Crippen LogP contribution in [0.15, 0.2) is 30.3 Å². The standard InChI is InChI=1S/C19H26N2O/c1-12(13-5-3-2-4-6-13)21-17-7-8-19(18(20)22)11-15-9-14(17)10-16(15)19/h2-6,12,14-17,21H,7-11H2,1H3,(H2,20,22)/t12?,14?,15?,16?,17-,19+/m1/s1. The van der Waals surface area contributed by atoms with Crippen LogP contribution in [0.1, 0.15) is 50.6 Å². The molecule has 0 heterocycles. The van der Waals surface area contributed by atoms with Gasteiger partial charge in [-0.1, -0.05) is 30.3 Å². The molecular formula is C19H26N2O. The second-order valence-electron chi connectivity index (χ2n) is 7.77. The van der Waals surface area contributed by atoms with Crippen molar-refractivity contribution >= 4 is 5.91 Å². The van der Waals surface area contributed by atoms with Gasteiger partial charge in [-0.3, -0.25) is 4.79 Å². The molecule has 1 aromatic carbocycles. The first-order valence-corrected chi connectivity index (χ1v) is 8.71. The van der Waals surface area contributed by atoms with Gasteiger partial charge in [-0.25, -0.2) is 0 Å². The molecule has 1 amide bonds. The normalized spacial score (nSPS) is 40.6. The average molecular weight is 298 g/mol. The number of benzene rings is 1. The van der Waals surface area contributed by atoms with Crippen LogP contribution >= 0.6 is 0 Å². The molecule has 3 N–H and O–H groups in total. The highest BCUT2D eigenvalue weighted by Gasteiger charge is 2.63. The smallest absolute Gasteiger partial charge is 0.223 e. The molecule has 0 spiro atoms. The number of primary amides is 1. The Morgan fingerprint density at radius 3 is 2.77 bits per heavy atom. The molecule has 3 aliphatic rings. The minimum atomic E-state index is -0.161. The van der Waals surface area contributed by atoms with Crippen molar-refractivity contribution in [3.63, 3.8) is 0 Å². The summed E-state index contributed by atoms with van der Waals surface area (Å²) in [6.07, 6.45) is 5.63. The van der Waals surface area contributed by atoms with E-state index in [1.54, 1.807) is 0 Å². The number of nitrogens with two attached hydrogens (primary N) is 1. The van der Waals surface area contributed by atoms with E-state index in [9.17, 15) is 4.79 Å². The summed E-state index contributed by atoms with van der Waals surface area (Å²) in [5.41, 5.74) is 6.95. The minimum Gasteiger partial charge on any atom is -0.369 e. The second kappa shape index (κ2) is 5.09. The monoisotopic (exact) mass is 298 g/mol. The van der Waals surface area contributed by atoms with Crippen LogP contribution in [-0.2, 0) is 4.79 Å². The van der Waals surface area contributed by atoms with E-state index in [2.05, 4.69) is 42.6 Å². The lowest BCUT2D eigenvalue weighted by Gasteiger charge is -2.51. The Morgan fingerprint density at radius 2 is 2.05 bits per heavy atom. The third kappa shape index (κ3) is 2.02. The summed E-state index contributed by atoms with van der Waals surface area (Å²) in [5.74, 6) is 2.03. The van der Waals surface area contributed by atoms with Gasteiger partial charge in [0.2, 0.25) is 5.91 Å². The molecule has 22 heavy (non-hydrogen) atoms. The molecule has 3 heteroatoms. The molecule has 0 aromatic heterocycles. The SMILES string of the molecule is CC(N[C@@H]1CC[C@]2(C(N)=O)CC3CC1CC32)c1ccccc1. The number of amides is 1. The van der Waals surface area contributed by atoms with E-state index in [1.807, 2.05) is 0 Å². The summed E-state index contributed by atoms with van der Waals surface area (Å²) in [6.45, 7) is 2.25. The number of hydrogen-bond acceptors (Lipinski definition) is 2. The highest BCUT2D eigenvalue weighted by Crippen LogP contribution is 2.65. The van der Waals surface area contributed by atoms with E-state index in [-0.39, 0.29) is 11.3 Å². The molecule has 0 radical (unpaired) electrons. The van der Waals surface area contributed by atoms with Crippen molar-refractivity contribution in [3.8, 4) is 0 Å². The van der Waals surface area contributed by atoms with Gasteiger partial charge in [0.1, 0.15) is 0 Å². The maximum atomic E-state index is 12.0. The van der Waals surface area contributed by atoms with Crippen molar-refractivity contribution in [2.24, 2.45) is 28.9 Å². The van der Waals surface area contributed by atoms with Gasteiger partial charge >= 0.3 is 0 Å². The number of nitrogens with one attached hydrogen (secondary N) is 1. The zero-order valence-corrected chi connectivity index (χ0v) is 13.3. The number of carbonyl (C=O) groups is 1. The number of carbonyl (C=O) groups excluding carboxylic acids is 1. The molecular weight excluding hydrogens is 272 g/mol. The number of fused-ring (bicyclic) bond motifs is 1. The van der Waals surface area contributed by atoms with Gasteiger partial charge in [-0.2, -0.15) is 0 Å². The van der Waals surface area contributed by atoms with E-state index in [4.69, 9.17) is 5.73 Å². The van der Waals surface area contributed by atoms with Gasteiger partial charge in [-0.15, -0.1) is 0 Å². The Labute approximate surface area is 132 Å². The van der Waals surface area contributed by atoms with Gasteiger partial charge in [0.15, 0.2) is 0 Å². The summed E-state index contributed by atoms with van der Waals surface area (Å²) in [4.78, 5) is 12.0. The van der Waals surface area contributed by atoms with Crippen LogP contribution in [-0.4, -0.2) is 11.9 Å². The number of rotatable bonds is 4. The molecule has 0 saturated heterocycles. The lowest BCUT2D eigenvalue weighted by molar-refractivity contribution is -0.144. The zero-order valence-electron chi connectivity index (χ0n) is 13.3. The first kappa shape index (κ1) is 14.3. The molecule has 118 valence electrons. The van der Waals surface area contributed by atoms with Crippen LogP contribution in [0.5, 0.6) is 0 Å². The predicted octanol–water partition coefficient (Wildman–Crippen LogP) is 3.02. The van der Waals surface area contributed by atoms with Gasteiger partial charge in [0, 0.05) is 12.1 Å². The fourth-order valence-electron chi connectivity index (χ4n) is 5.58. The Kier molecular flexibility index (Phi) is 3.30. The highest BCUT2D eigenvalue weighted by atomic mass is 16.1. The zero-order chi connectivity index (χ0) is 15.3. The van der Waals surface area contributed by atoms with Crippen LogP contribution in [0.3, 0.4) is 0 Å². The van der Waals surface area contributed by atoms with Gasteiger partial charge in [0.05, 0.1) is 5.41 Å². The molecule has 3 fully saturated rings. The largest absolute Gasteiger partial charge is 0.369 e. The maximum Gasteiger partial charge on any atom is 0.223 e. The summed E-state index contributed by atoms with van der Waals surface area (Å²) in [7, 11) is 0. The predicted molar refractivity (Wildman–Crippen MR) is 87.0 cm³/mol. The van der Waals surface area contributed by atoms with Crippen LogP contribution in [0.4, 0.5) is 0 Å². The van der Waals surface area contributed by atoms with Crippen molar-refractivity contribution in [1.29, 1.82) is 0 Å². The molecule has 3 saturated carbocycles. The second-order valence-corrected chi connectivity index (χ2v) is 7.77.